The van der Waals surface area contributed by atoms with Gasteiger partial charge in [0, 0.05) is 0 Å². The van der Waals surface area contributed by atoms with E-state index < -0.39 is 30.7 Å². The Balaban J connectivity index is 2.85. The van der Waals surface area contributed by atoms with Crippen molar-refractivity contribution in [2.45, 2.75) is 18.1 Å². The van der Waals surface area contributed by atoms with Crippen molar-refractivity contribution in [3.8, 4) is 0 Å². The van der Waals surface area contributed by atoms with E-state index in [1.54, 1.807) is 30.3 Å². The first kappa shape index (κ1) is 17.5. The Morgan fingerprint density at radius 1 is 1.24 bits per heavy atom. The van der Waals surface area contributed by atoms with E-state index in [1.165, 1.54) is 14.2 Å². The minimum absolute atomic E-state index is 0.254. The Bertz CT molecular complexity index is 451. The number of halogens is 3. The molecule has 0 saturated carbocycles. The first-order valence-electron chi connectivity index (χ1n) is 6.33. The van der Waals surface area contributed by atoms with Crippen LogP contribution in [0.15, 0.2) is 30.3 Å². The molecular formula is C14H18F3NO3. The predicted octanol–water partition coefficient (Wildman–Crippen LogP) is 2.24. The normalized spacial score (nSPS) is 14.5. The van der Waals surface area contributed by atoms with Gasteiger partial charge in [-0.05, 0) is 12.6 Å². The van der Waals surface area contributed by atoms with Crippen LogP contribution in [0.3, 0.4) is 0 Å². The lowest BCUT2D eigenvalue weighted by Gasteiger charge is -2.30. The van der Waals surface area contributed by atoms with Crippen LogP contribution in [0.1, 0.15) is 12.0 Å². The van der Waals surface area contributed by atoms with Crippen molar-refractivity contribution in [2.75, 3.05) is 27.4 Å². The molecule has 1 N–H and O–H groups in total. The third-order valence-electron chi connectivity index (χ3n) is 3.08. The second-order valence-corrected chi connectivity index (χ2v) is 4.43. The lowest BCUT2D eigenvalue weighted by molar-refractivity contribution is -0.156. The molecule has 0 amide bonds. The number of likely N-dealkylation sites (N-methyl/N-ethyl adjacent to an activating group) is 1. The highest BCUT2D eigenvalue weighted by Crippen LogP contribution is 2.24. The molecule has 1 rings (SSSR count). The average Bonchev–Trinajstić information content (AvgIpc) is 2.47. The molecule has 0 fully saturated rings. The van der Waals surface area contributed by atoms with Gasteiger partial charge in [0.25, 0.3) is 0 Å². The third kappa shape index (κ3) is 4.71. The quantitative estimate of drug-likeness (QED) is 0.620. The summed E-state index contributed by atoms with van der Waals surface area (Å²) < 4.78 is 46.2. The number of rotatable bonds is 7. The number of methoxy groups -OCH3 is 1. The number of carbonyl (C=O) groups excluding carboxylic acids is 1. The van der Waals surface area contributed by atoms with Gasteiger partial charge < -0.3 is 9.47 Å². The zero-order chi connectivity index (χ0) is 15.9. The standard InChI is InChI=1S/C14H18F3NO3/c1-18-13(12(19)20-2,11-6-4-3-5-7-11)10-21-9-8-14(15,16)17/h3-7,18H,8-10H2,1-2H3. The molecule has 0 aromatic heterocycles. The number of alkyl halides is 3. The topological polar surface area (TPSA) is 47.6 Å². The van der Waals surface area contributed by atoms with Crippen LogP contribution < -0.4 is 5.32 Å². The molecule has 0 bridgehead atoms. The van der Waals surface area contributed by atoms with E-state index in [2.05, 4.69) is 5.32 Å². The predicted molar refractivity (Wildman–Crippen MR) is 70.7 cm³/mol. The molecule has 1 aromatic rings. The summed E-state index contributed by atoms with van der Waals surface area (Å²) in [5.74, 6) is -0.622. The molecule has 0 spiro atoms. The van der Waals surface area contributed by atoms with Crippen molar-refractivity contribution in [1.29, 1.82) is 0 Å². The molecule has 1 atom stereocenters. The van der Waals surface area contributed by atoms with Crippen molar-refractivity contribution in [3.05, 3.63) is 35.9 Å². The molecule has 0 radical (unpaired) electrons. The maximum absolute atomic E-state index is 12.1. The Morgan fingerprint density at radius 3 is 2.33 bits per heavy atom. The van der Waals surface area contributed by atoms with Gasteiger partial charge in [0.05, 0.1) is 26.7 Å². The minimum atomic E-state index is -4.29. The number of hydrogen-bond donors (Lipinski definition) is 1. The van der Waals surface area contributed by atoms with Crippen molar-refractivity contribution >= 4 is 5.97 Å². The lowest BCUT2D eigenvalue weighted by atomic mass is 9.91. The molecule has 7 heteroatoms. The highest BCUT2D eigenvalue weighted by Gasteiger charge is 2.40. The summed E-state index contributed by atoms with van der Waals surface area (Å²) in [6, 6.07) is 8.58. The van der Waals surface area contributed by atoms with Gasteiger partial charge in [-0.25, -0.2) is 4.79 Å². The zero-order valence-electron chi connectivity index (χ0n) is 11.9. The van der Waals surface area contributed by atoms with Gasteiger partial charge >= 0.3 is 12.1 Å². The summed E-state index contributed by atoms with van der Waals surface area (Å²) in [6.07, 6.45) is -5.36. The van der Waals surface area contributed by atoms with E-state index in [1.807, 2.05) is 0 Å². The van der Waals surface area contributed by atoms with E-state index >= 15 is 0 Å². The van der Waals surface area contributed by atoms with Crippen molar-refractivity contribution < 1.29 is 27.4 Å². The molecule has 0 saturated heterocycles. The minimum Gasteiger partial charge on any atom is -0.467 e. The SMILES string of the molecule is CNC(COCCC(F)(F)F)(C(=O)OC)c1ccccc1. The maximum atomic E-state index is 12.1. The van der Waals surface area contributed by atoms with Gasteiger partial charge in [0.1, 0.15) is 0 Å². The molecular weight excluding hydrogens is 287 g/mol. The fraction of sp³-hybridized carbons (Fsp3) is 0.500. The molecule has 118 valence electrons. The van der Waals surface area contributed by atoms with Crippen LogP contribution in [0.5, 0.6) is 0 Å². The summed E-state index contributed by atoms with van der Waals surface area (Å²) in [4.78, 5) is 12.1. The maximum Gasteiger partial charge on any atom is 0.391 e. The summed E-state index contributed by atoms with van der Waals surface area (Å²) in [6.45, 7) is -0.771. The van der Waals surface area contributed by atoms with E-state index in [0.717, 1.165) is 0 Å². The van der Waals surface area contributed by atoms with E-state index in [-0.39, 0.29) is 6.61 Å². The van der Waals surface area contributed by atoms with Gasteiger partial charge in [-0.2, -0.15) is 13.2 Å². The second kappa shape index (κ2) is 7.42. The van der Waals surface area contributed by atoms with Crippen LogP contribution in [0.25, 0.3) is 0 Å². The van der Waals surface area contributed by atoms with Gasteiger partial charge in [-0.15, -0.1) is 0 Å². The first-order chi connectivity index (χ1) is 9.85. The number of hydrogen-bond acceptors (Lipinski definition) is 4. The van der Waals surface area contributed by atoms with E-state index in [9.17, 15) is 18.0 Å². The van der Waals surface area contributed by atoms with Crippen LogP contribution in [0.2, 0.25) is 0 Å². The Morgan fingerprint density at radius 2 is 1.86 bits per heavy atom. The average molecular weight is 305 g/mol. The summed E-state index contributed by atoms with van der Waals surface area (Å²) in [5.41, 5.74) is -0.770. The van der Waals surface area contributed by atoms with Crippen molar-refractivity contribution in [3.63, 3.8) is 0 Å². The third-order valence-corrected chi connectivity index (χ3v) is 3.08. The number of ether oxygens (including phenoxy) is 2. The summed E-state index contributed by atoms with van der Waals surface area (Å²) >= 11 is 0. The summed E-state index contributed by atoms with van der Waals surface area (Å²) in [7, 11) is 2.74. The Hall–Kier alpha value is -1.60. The molecule has 0 aliphatic carbocycles. The zero-order valence-corrected chi connectivity index (χ0v) is 11.9. The van der Waals surface area contributed by atoms with Crippen LogP contribution in [0.4, 0.5) is 13.2 Å². The van der Waals surface area contributed by atoms with Crippen LogP contribution >= 0.6 is 0 Å². The van der Waals surface area contributed by atoms with E-state index in [0.29, 0.717) is 5.56 Å². The molecule has 1 aromatic carbocycles. The van der Waals surface area contributed by atoms with Gasteiger partial charge in [-0.1, -0.05) is 30.3 Å². The largest absolute Gasteiger partial charge is 0.467 e. The second-order valence-electron chi connectivity index (χ2n) is 4.43. The highest BCUT2D eigenvalue weighted by atomic mass is 19.4. The fourth-order valence-corrected chi connectivity index (χ4v) is 1.89. The number of benzene rings is 1. The number of carbonyl (C=O) groups is 1. The molecule has 0 aliphatic heterocycles. The summed E-state index contributed by atoms with van der Waals surface area (Å²) in [5, 5.41) is 2.80. The van der Waals surface area contributed by atoms with Gasteiger partial charge in [0.15, 0.2) is 5.54 Å². The van der Waals surface area contributed by atoms with Crippen molar-refractivity contribution in [2.24, 2.45) is 0 Å². The number of nitrogens with one attached hydrogen (secondary N) is 1. The van der Waals surface area contributed by atoms with Crippen LogP contribution in [-0.4, -0.2) is 39.5 Å². The molecule has 0 aliphatic rings. The molecule has 4 nitrogen and oxygen atoms in total. The Kier molecular flexibility index (Phi) is 6.17. The monoisotopic (exact) mass is 305 g/mol. The fourth-order valence-electron chi connectivity index (χ4n) is 1.89. The molecule has 0 heterocycles. The Labute approximate surface area is 121 Å². The number of esters is 1. The van der Waals surface area contributed by atoms with Gasteiger partial charge in [0.2, 0.25) is 0 Å². The van der Waals surface area contributed by atoms with Crippen LogP contribution in [0, 0.1) is 0 Å². The smallest absolute Gasteiger partial charge is 0.391 e. The van der Waals surface area contributed by atoms with E-state index in [4.69, 9.17) is 9.47 Å². The lowest BCUT2D eigenvalue weighted by Crippen LogP contribution is -2.52. The first-order valence-corrected chi connectivity index (χ1v) is 6.33. The molecule has 21 heavy (non-hydrogen) atoms. The van der Waals surface area contributed by atoms with Gasteiger partial charge in [-0.3, -0.25) is 5.32 Å². The van der Waals surface area contributed by atoms with Crippen molar-refractivity contribution in [1.82, 2.24) is 5.32 Å². The molecule has 1 unspecified atom stereocenters. The van der Waals surface area contributed by atoms with Crippen LogP contribution in [-0.2, 0) is 19.8 Å². The highest BCUT2D eigenvalue weighted by molar-refractivity contribution is 5.82.